The number of benzene rings is 1. The number of nitrogens with two attached hydrogens (primary N) is 1. The quantitative estimate of drug-likeness (QED) is 0.817. The van der Waals surface area contributed by atoms with Gasteiger partial charge < -0.3 is 10.5 Å². The molecule has 1 heterocycles. The maximum absolute atomic E-state index is 13.0. The zero-order valence-electron chi connectivity index (χ0n) is 8.15. The Balaban J connectivity index is 2.32. The average Bonchev–Trinajstić information content (AvgIpc) is 2.27. The first kappa shape index (κ1) is 10.7. The van der Waals surface area contributed by atoms with Gasteiger partial charge in [0.15, 0.2) is 5.75 Å². The minimum atomic E-state index is -0.572. The van der Waals surface area contributed by atoms with Crippen molar-refractivity contribution in [2.45, 2.75) is 0 Å². The number of anilines is 1. The number of nitrogen functional groups attached to an aromatic ring is 1. The van der Waals surface area contributed by atoms with Crippen molar-refractivity contribution in [2.75, 3.05) is 5.73 Å². The van der Waals surface area contributed by atoms with Crippen molar-refractivity contribution < 1.29 is 9.13 Å². The summed E-state index contributed by atoms with van der Waals surface area (Å²) < 4.78 is 18.4. The highest BCUT2D eigenvalue weighted by Gasteiger charge is 2.08. The minimum absolute atomic E-state index is 0.0342. The molecule has 3 nitrogen and oxygen atoms in total. The molecule has 0 aliphatic carbocycles. The smallest absolute Gasteiger partial charge is 0.152 e. The molecule has 0 saturated heterocycles. The molecular formula is C11H8ClFN2O. The monoisotopic (exact) mass is 238 g/mol. The van der Waals surface area contributed by atoms with Crippen molar-refractivity contribution in [1.29, 1.82) is 0 Å². The van der Waals surface area contributed by atoms with Crippen molar-refractivity contribution >= 4 is 17.3 Å². The van der Waals surface area contributed by atoms with E-state index in [4.69, 9.17) is 22.1 Å². The second kappa shape index (κ2) is 4.37. The summed E-state index contributed by atoms with van der Waals surface area (Å²) in [5.74, 6) is 0.244. The van der Waals surface area contributed by atoms with Gasteiger partial charge in [0.25, 0.3) is 0 Å². The van der Waals surface area contributed by atoms with Crippen molar-refractivity contribution in [3.8, 4) is 11.5 Å². The van der Waals surface area contributed by atoms with Crippen LogP contribution < -0.4 is 10.5 Å². The third-order valence-corrected chi connectivity index (χ3v) is 2.20. The highest BCUT2D eigenvalue weighted by atomic mass is 35.5. The van der Waals surface area contributed by atoms with Crippen LogP contribution in [-0.4, -0.2) is 4.98 Å². The molecule has 2 rings (SSSR count). The Morgan fingerprint density at radius 1 is 1.38 bits per heavy atom. The molecule has 0 spiro atoms. The van der Waals surface area contributed by atoms with E-state index in [-0.39, 0.29) is 10.7 Å². The lowest BCUT2D eigenvalue weighted by Crippen LogP contribution is -1.94. The van der Waals surface area contributed by atoms with Gasteiger partial charge in [0.2, 0.25) is 0 Å². The number of rotatable bonds is 2. The van der Waals surface area contributed by atoms with Gasteiger partial charge in [-0.15, -0.1) is 0 Å². The molecule has 82 valence electrons. The lowest BCUT2D eigenvalue weighted by atomic mass is 10.3. The Morgan fingerprint density at radius 2 is 2.19 bits per heavy atom. The molecule has 0 unspecified atom stereocenters. The van der Waals surface area contributed by atoms with Crippen LogP contribution in [0.4, 0.5) is 10.1 Å². The molecule has 5 heteroatoms. The first-order valence-corrected chi connectivity index (χ1v) is 4.87. The van der Waals surface area contributed by atoms with E-state index >= 15 is 0 Å². The van der Waals surface area contributed by atoms with Crippen molar-refractivity contribution in [3.63, 3.8) is 0 Å². The third-order valence-electron chi connectivity index (χ3n) is 1.91. The second-order valence-electron chi connectivity index (χ2n) is 3.09. The van der Waals surface area contributed by atoms with Crippen LogP contribution in [-0.2, 0) is 0 Å². The summed E-state index contributed by atoms with van der Waals surface area (Å²) in [7, 11) is 0. The Labute approximate surface area is 96.6 Å². The van der Waals surface area contributed by atoms with Gasteiger partial charge in [-0.2, -0.15) is 0 Å². The van der Waals surface area contributed by atoms with Gasteiger partial charge in [-0.05, 0) is 12.1 Å². The maximum atomic E-state index is 13.0. The summed E-state index contributed by atoms with van der Waals surface area (Å²) in [6.07, 6.45) is 3.14. The van der Waals surface area contributed by atoms with Gasteiger partial charge in [-0.1, -0.05) is 11.6 Å². The van der Waals surface area contributed by atoms with Gasteiger partial charge >= 0.3 is 0 Å². The van der Waals surface area contributed by atoms with Crippen LogP contribution in [0.1, 0.15) is 0 Å². The third kappa shape index (κ3) is 2.23. The number of aromatic nitrogens is 1. The van der Waals surface area contributed by atoms with E-state index in [2.05, 4.69) is 4.98 Å². The maximum Gasteiger partial charge on any atom is 0.152 e. The molecule has 0 bridgehead atoms. The lowest BCUT2D eigenvalue weighted by molar-refractivity contribution is 0.481. The first-order valence-electron chi connectivity index (χ1n) is 4.49. The van der Waals surface area contributed by atoms with Crippen LogP contribution in [0.5, 0.6) is 11.5 Å². The molecule has 0 aliphatic rings. The SMILES string of the molecule is Nc1cc(F)c(Cl)cc1Oc1cccnc1. The molecule has 0 radical (unpaired) electrons. The molecule has 0 amide bonds. The topological polar surface area (TPSA) is 48.1 Å². The average molecular weight is 239 g/mol. The van der Waals surface area contributed by atoms with Crippen LogP contribution in [0.2, 0.25) is 5.02 Å². The molecule has 0 atom stereocenters. The molecule has 1 aromatic heterocycles. The van der Waals surface area contributed by atoms with Gasteiger partial charge in [0.05, 0.1) is 16.9 Å². The summed E-state index contributed by atoms with van der Waals surface area (Å²) in [6, 6.07) is 5.88. The zero-order valence-corrected chi connectivity index (χ0v) is 8.91. The standard InChI is InChI=1S/C11H8ClFN2O/c12-8-4-11(10(14)5-9(8)13)16-7-2-1-3-15-6-7/h1-6H,14H2. The number of hydrogen-bond acceptors (Lipinski definition) is 3. The summed E-state index contributed by atoms with van der Waals surface area (Å²) >= 11 is 5.63. The summed E-state index contributed by atoms with van der Waals surface area (Å²) in [5, 5.41) is -0.0342. The van der Waals surface area contributed by atoms with Gasteiger partial charge in [0.1, 0.15) is 11.6 Å². The fourth-order valence-corrected chi connectivity index (χ4v) is 1.32. The van der Waals surface area contributed by atoms with Crippen molar-refractivity contribution in [1.82, 2.24) is 4.98 Å². The predicted octanol–water partition coefficient (Wildman–Crippen LogP) is 3.25. The van der Waals surface area contributed by atoms with Gasteiger partial charge in [-0.3, -0.25) is 4.98 Å². The Morgan fingerprint density at radius 3 is 2.88 bits per heavy atom. The molecular weight excluding hydrogens is 231 g/mol. The van der Waals surface area contributed by atoms with E-state index in [0.717, 1.165) is 6.07 Å². The van der Waals surface area contributed by atoms with Crippen molar-refractivity contribution in [2.24, 2.45) is 0 Å². The molecule has 16 heavy (non-hydrogen) atoms. The van der Waals surface area contributed by atoms with Gasteiger partial charge in [0, 0.05) is 18.3 Å². The number of halogens is 2. The predicted molar refractivity (Wildman–Crippen MR) is 60.1 cm³/mol. The van der Waals surface area contributed by atoms with Crippen LogP contribution in [0.25, 0.3) is 0 Å². The van der Waals surface area contributed by atoms with Gasteiger partial charge in [-0.25, -0.2) is 4.39 Å². The largest absolute Gasteiger partial charge is 0.454 e. The summed E-state index contributed by atoms with van der Waals surface area (Å²) in [5.41, 5.74) is 5.78. The normalized spacial score (nSPS) is 10.1. The number of nitrogens with zero attached hydrogens (tertiary/aromatic N) is 1. The molecule has 1 aromatic carbocycles. The molecule has 2 N–H and O–H groups in total. The first-order chi connectivity index (χ1) is 7.66. The number of hydrogen-bond donors (Lipinski definition) is 1. The number of pyridine rings is 1. The van der Waals surface area contributed by atoms with E-state index in [9.17, 15) is 4.39 Å². The second-order valence-corrected chi connectivity index (χ2v) is 3.50. The lowest BCUT2D eigenvalue weighted by Gasteiger charge is -2.08. The van der Waals surface area contributed by atoms with Crippen LogP contribution >= 0.6 is 11.6 Å². The number of ether oxygens (including phenoxy) is 1. The van der Waals surface area contributed by atoms with E-state index in [0.29, 0.717) is 11.5 Å². The Bertz CT molecular complexity index is 505. The Hall–Kier alpha value is -1.81. The highest BCUT2D eigenvalue weighted by Crippen LogP contribution is 2.31. The summed E-state index contributed by atoms with van der Waals surface area (Å²) in [6.45, 7) is 0. The van der Waals surface area contributed by atoms with E-state index in [1.165, 1.54) is 12.3 Å². The van der Waals surface area contributed by atoms with Crippen LogP contribution in [0.3, 0.4) is 0 Å². The van der Waals surface area contributed by atoms with E-state index < -0.39 is 5.82 Å². The van der Waals surface area contributed by atoms with Crippen molar-refractivity contribution in [3.05, 3.63) is 47.5 Å². The highest BCUT2D eigenvalue weighted by molar-refractivity contribution is 6.31. The summed E-state index contributed by atoms with van der Waals surface area (Å²) in [4.78, 5) is 3.88. The zero-order chi connectivity index (χ0) is 11.5. The fraction of sp³-hybridized carbons (Fsp3) is 0. The van der Waals surface area contributed by atoms with Crippen LogP contribution in [0.15, 0.2) is 36.7 Å². The van der Waals surface area contributed by atoms with E-state index in [1.54, 1.807) is 18.3 Å². The minimum Gasteiger partial charge on any atom is -0.454 e. The molecule has 2 aromatic rings. The molecule has 0 fully saturated rings. The molecule has 0 saturated carbocycles. The van der Waals surface area contributed by atoms with Crippen LogP contribution in [0, 0.1) is 5.82 Å². The Kier molecular flexibility index (Phi) is 2.92. The molecule has 0 aliphatic heterocycles. The fourth-order valence-electron chi connectivity index (χ4n) is 1.17. The van der Waals surface area contributed by atoms with E-state index in [1.807, 2.05) is 0 Å².